The summed E-state index contributed by atoms with van der Waals surface area (Å²) >= 11 is 0. The zero-order chi connectivity index (χ0) is 10.5. The Kier molecular flexibility index (Phi) is 3.69. The molecule has 0 bridgehead atoms. The molecule has 0 unspecified atom stereocenters. The predicted octanol–water partition coefficient (Wildman–Crippen LogP) is 1.29. The van der Waals surface area contributed by atoms with E-state index in [1.165, 1.54) is 18.4 Å². The number of pyridine rings is 1. The van der Waals surface area contributed by atoms with Crippen molar-refractivity contribution in [1.29, 1.82) is 0 Å². The fourth-order valence-electron chi connectivity index (χ4n) is 2.19. The highest BCUT2D eigenvalue weighted by Gasteiger charge is 2.18. The van der Waals surface area contributed by atoms with Gasteiger partial charge in [-0.15, -0.1) is 0 Å². The van der Waals surface area contributed by atoms with Gasteiger partial charge in [-0.3, -0.25) is 9.88 Å². The summed E-state index contributed by atoms with van der Waals surface area (Å²) in [6.07, 6.45) is 6.09. The Morgan fingerprint density at radius 3 is 3.20 bits per heavy atom. The molecule has 3 heteroatoms. The van der Waals surface area contributed by atoms with Crippen molar-refractivity contribution in [3.63, 3.8) is 0 Å². The van der Waals surface area contributed by atoms with E-state index in [2.05, 4.69) is 16.0 Å². The molecule has 0 aliphatic carbocycles. The zero-order valence-electron chi connectivity index (χ0n) is 8.97. The van der Waals surface area contributed by atoms with Gasteiger partial charge in [0.25, 0.3) is 0 Å². The number of hydrogen-bond donors (Lipinski definition) is 1. The molecule has 1 fully saturated rings. The van der Waals surface area contributed by atoms with Crippen LogP contribution in [0.5, 0.6) is 0 Å². The van der Waals surface area contributed by atoms with Crippen LogP contribution in [0.15, 0.2) is 24.5 Å². The molecular weight excluding hydrogens is 188 g/mol. The van der Waals surface area contributed by atoms with Crippen molar-refractivity contribution in [3.8, 4) is 0 Å². The second-order valence-electron chi connectivity index (χ2n) is 4.29. The van der Waals surface area contributed by atoms with Crippen molar-refractivity contribution >= 4 is 0 Å². The lowest BCUT2D eigenvalue weighted by Gasteiger charge is -2.31. The Morgan fingerprint density at radius 2 is 2.47 bits per heavy atom. The van der Waals surface area contributed by atoms with Crippen molar-refractivity contribution in [2.75, 3.05) is 19.7 Å². The van der Waals surface area contributed by atoms with Crippen LogP contribution in [0.3, 0.4) is 0 Å². The summed E-state index contributed by atoms with van der Waals surface area (Å²) in [6, 6.07) is 4.08. The largest absolute Gasteiger partial charge is 0.396 e. The predicted molar refractivity (Wildman–Crippen MR) is 59.3 cm³/mol. The Morgan fingerprint density at radius 1 is 1.53 bits per heavy atom. The second-order valence-corrected chi connectivity index (χ2v) is 4.29. The highest BCUT2D eigenvalue weighted by Crippen LogP contribution is 2.17. The Bertz CT molecular complexity index is 289. The zero-order valence-corrected chi connectivity index (χ0v) is 8.97. The van der Waals surface area contributed by atoms with Gasteiger partial charge < -0.3 is 5.11 Å². The van der Waals surface area contributed by atoms with Gasteiger partial charge in [-0.1, -0.05) is 6.07 Å². The fraction of sp³-hybridized carbons (Fsp3) is 0.583. The van der Waals surface area contributed by atoms with Gasteiger partial charge in [0.05, 0.1) is 0 Å². The third-order valence-corrected chi connectivity index (χ3v) is 2.99. The topological polar surface area (TPSA) is 36.4 Å². The van der Waals surface area contributed by atoms with Crippen molar-refractivity contribution in [2.24, 2.45) is 5.92 Å². The normalized spacial score (nSPS) is 22.9. The Balaban J connectivity index is 1.89. The molecule has 1 atom stereocenters. The second kappa shape index (κ2) is 5.24. The monoisotopic (exact) mass is 206 g/mol. The molecule has 1 N–H and O–H groups in total. The summed E-state index contributed by atoms with van der Waals surface area (Å²) in [6.45, 7) is 3.45. The number of likely N-dealkylation sites (tertiary alicyclic amines) is 1. The first-order valence-electron chi connectivity index (χ1n) is 5.60. The SMILES string of the molecule is OC[C@H]1CCCN(Cc2cccnc2)C1. The number of aliphatic hydroxyl groups excluding tert-OH is 1. The van der Waals surface area contributed by atoms with Crippen LogP contribution < -0.4 is 0 Å². The standard InChI is InChI=1S/C12H18N2O/c15-10-12-4-2-6-14(9-12)8-11-3-1-5-13-7-11/h1,3,5,7,12,15H,2,4,6,8-10H2/t12-/m0/s1. The molecule has 15 heavy (non-hydrogen) atoms. The van der Waals surface area contributed by atoms with Gasteiger partial charge in [0.2, 0.25) is 0 Å². The highest BCUT2D eigenvalue weighted by atomic mass is 16.3. The van der Waals surface area contributed by atoms with Crippen molar-refractivity contribution in [1.82, 2.24) is 9.88 Å². The fourth-order valence-corrected chi connectivity index (χ4v) is 2.19. The van der Waals surface area contributed by atoms with Crippen molar-refractivity contribution in [3.05, 3.63) is 30.1 Å². The molecular formula is C12H18N2O. The summed E-state index contributed by atoms with van der Waals surface area (Å²) in [7, 11) is 0. The van der Waals surface area contributed by atoms with Crippen LogP contribution in [0.4, 0.5) is 0 Å². The van der Waals surface area contributed by atoms with Gasteiger partial charge in [0.1, 0.15) is 0 Å². The van der Waals surface area contributed by atoms with Crippen LogP contribution >= 0.6 is 0 Å². The lowest BCUT2D eigenvalue weighted by molar-refractivity contribution is 0.116. The quantitative estimate of drug-likeness (QED) is 0.809. The lowest BCUT2D eigenvalue weighted by Crippen LogP contribution is -2.36. The van der Waals surface area contributed by atoms with E-state index < -0.39 is 0 Å². The van der Waals surface area contributed by atoms with Crippen LogP contribution in [-0.2, 0) is 6.54 Å². The summed E-state index contributed by atoms with van der Waals surface area (Å²) in [5.74, 6) is 0.468. The van der Waals surface area contributed by atoms with Gasteiger partial charge in [0.15, 0.2) is 0 Å². The molecule has 1 aliphatic rings. The van der Waals surface area contributed by atoms with E-state index in [0.717, 1.165) is 19.6 Å². The van der Waals surface area contributed by atoms with E-state index in [9.17, 15) is 0 Å². The molecule has 0 aromatic carbocycles. The van der Waals surface area contributed by atoms with Crippen LogP contribution in [0, 0.1) is 5.92 Å². The molecule has 3 nitrogen and oxygen atoms in total. The van der Waals surface area contributed by atoms with E-state index in [-0.39, 0.29) is 0 Å². The Labute approximate surface area is 90.8 Å². The van der Waals surface area contributed by atoms with Gasteiger partial charge in [-0.05, 0) is 36.9 Å². The molecule has 1 aliphatic heterocycles. The average Bonchev–Trinajstić information content (AvgIpc) is 2.31. The van der Waals surface area contributed by atoms with Gasteiger partial charge in [-0.2, -0.15) is 0 Å². The van der Waals surface area contributed by atoms with E-state index in [0.29, 0.717) is 12.5 Å². The average molecular weight is 206 g/mol. The molecule has 2 rings (SSSR count). The number of hydrogen-bond acceptors (Lipinski definition) is 3. The summed E-state index contributed by atoms with van der Waals surface area (Å²) in [5, 5.41) is 9.14. The third-order valence-electron chi connectivity index (χ3n) is 2.99. The van der Waals surface area contributed by atoms with E-state index in [1.54, 1.807) is 6.20 Å². The summed E-state index contributed by atoms with van der Waals surface area (Å²) < 4.78 is 0. The van der Waals surface area contributed by atoms with E-state index in [1.807, 2.05) is 12.3 Å². The molecule has 0 saturated carbocycles. The Hall–Kier alpha value is -0.930. The maximum Gasteiger partial charge on any atom is 0.0471 e. The molecule has 0 amide bonds. The number of aliphatic hydroxyl groups is 1. The lowest BCUT2D eigenvalue weighted by atomic mass is 9.99. The molecule has 82 valence electrons. The minimum atomic E-state index is 0.323. The summed E-state index contributed by atoms with van der Waals surface area (Å²) in [4.78, 5) is 6.52. The minimum Gasteiger partial charge on any atom is -0.396 e. The van der Waals surface area contributed by atoms with Gasteiger partial charge in [0, 0.05) is 32.1 Å². The van der Waals surface area contributed by atoms with Crippen LogP contribution in [0.1, 0.15) is 18.4 Å². The van der Waals surface area contributed by atoms with Gasteiger partial charge >= 0.3 is 0 Å². The first kappa shape index (κ1) is 10.6. The van der Waals surface area contributed by atoms with Crippen molar-refractivity contribution < 1.29 is 5.11 Å². The molecule has 0 spiro atoms. The number of piperidine rings is 1. The van der Waals surface area contributed by atoms with Crippen molar-refractivity contribution in [2.45, 2.75) is 19.4 Å². The molecule has 1 aromatic heterocycles. The highest BCUT2D eigenvalue weighted by molar-refractivity contribution is 5.08. The molecule has 1 aromatic rings. The first-order chi connectivity index (χ1) is 7.38. The van der Waals surface area contributed by atoms with Crippen LogP contribution in [-0.4, -0.2) is 34.7 Å². The van der Waals surface area contributed by atoms with Crippen LogP contribution in [0.25, 0.3) is 0 Å². The third kappa shape index (κ3) is 3.01. The maximum atomic E-state index is 9.14. The number of nitrogens with zero attached hydrogens (tertiary/aromatic N) is 2. The summed E-state index contributed by atoms with van der Waals surface area (Å²) in [5.41, 5.74) is 1.26. The van der Waals surface area contributed by atoms with Crippen LogP contribution in [0.2, 0.25) is 0 Å². The molecule has 1 saturated heterocycles. The number of rotatable bonds is 3. The molecule has 2 heterocycles. The first-order valence-corrected chi connectivity index (χ1v) is 5.60. The van der Waals surface area contributed by atoms with Gasteiger partial charge in [-0.25, -0.2) is 0 Å². The smallest absolute Gasteiger partial charge is 0.0471 e. The van der Waals surface area contributed by atoms with E-state index in [4.69, 9.17) is 5.11 Å². The minimum absolute atomic E-state index is 0.323. The van der Waals surface area contributed by atoms with E-state index >= 15 is 0 Å². The molecule has 0 radical (unpaired) electrons. The maximum absolute atomic E-state index is 9.14. The number of aromatic nitrogens is 1.